The summed E-state index contributed by atoms with van der Waals surface area (Å²) in [5, 5.41) is 4.25. The molecular weight excluding hydrogens is 382 g/mol. The Morgan fingerprint density at radius 2 is 1.90 bits per heavy atom. The molecule has 3 saturated heterocycles. The summed E-state index contributed by atoms with van der Waals surface area (Å²) in [5.41, 5.74) is 1.16. The van der Waals surface area contributed by atoms with E-state index >= 15 is 0 Å². The van der Waals surface area contributed by atoms with Gasteiger partial charge in [0.15, 0.2) is 5.11 Å². The lowest BCUT2D eigenvalue weighted by Gasteiger charge is -2.38. The molecule has 3 aliphatic heterocycles. The van der Waals surface area contributed by atoms with Gasteiger partial charge in [-0.05, 0) is 61.9 Å². The number of nitrogens with one attached hydrogen (secondary N) is 1. The number of rotatable bonds is 2. The topological polar surface area (TPSA) is 44.8 Å². The molecule has 1 amide bonds. The van der Waals surface area contributed by atoms with Gasteiger partial charge in [-0.2, -0.15) is 0 Å². The van der Waals surface area contributed by atoms with E-state index in [-0.39, 0.29) is 11.3 Å². The van der Waals surface area contributed by atoms with Gasteiger partial charge in [-0.3, -0.25) is 4.79 Å². The largest absolute Gasteiger partial charge is 0.376 e. The first-order valence-corrected chi connectivity index (χ1v) is 11.0. The Hall–Kier alpha value is -2.10. The number of amides is 1. The molecule has 1 spiro atoms. The molecule has 1 aromatic rings. The molecule has 29 heavy (non-hydrogen) atoms. The minimum Gasteiger partial charge on any atom is -0.376 e. The molecule has 4 rings (SSSR count). The van der Waals surface area contributed by atoms with Crippen molar-refractivity contribution in [3.8, 4) is 11.8 Å². The third-order valence-corrected chi connectivity index (χ3v) is 6.83. The number of likely N-dealkylation sites (tertiary alicyclic amines) is 2. The van der Waals surface area contributed by atoms with Gasteiger partial charge < -0.3 is 19.9 Å². The van der Waals surface area contributed by atoms with E-state index in [1.807, 2.05) is 35.2 Å². The lowest BCUT2D eigenvalue weighted by Crippen LogP contribution is -2.46. The van der Waals surface area contributed by atoms with Crippen LogP contribution in [0.5, 0.6) is 0 Å². The molecule has 0 bridgehead atoms. The van der Waals surface area contributed by atoms with Crippen molar-refractivity contribution in [2.75, 3.05) is 39.3 Å². The molecule has 0 saturated carbocycles. The molecule has 3 fully saturated rings. The zero-order chi connectivity index (χ0) is 20.1. The normalized spacial score (nSPS) is 23.0. The van der Waals surface area contributed by atoms with Crippen molar-refractivity contribution >= 4 is 23.2 Å². The molecule has 1 aromatic carbocycles. The molecule has 154 valence electrons. The maximum absolute atomic E-state index is 12.5. The standard InChI is InChI=1S/C23H29N3O2S/c27-21(9-8-19-5-2-1-3-6-19)25-13-10-23(11-14-25)12-15-26(18-23)22(29)24-17-20-7-4-16-28-20/h1-3,5-6,20H,4,7,10-18H2,(H,24,29). The smallest absolute Gasteiger partial charge is 0.298 e. The van der Waals surface area contributed by atoms with Crippen LogP contribution in [0.2, 0.25) is 0 Å². The van der Waals surface area contributed by atoms with Crippen molar-refractivity contribution in [1.29, 1.82) is 0 Å². The van der Waals surface area contributed by atoms with E-state index in [4.69, 9.17) is 17.0 Å². The summed E-state index contributed by atoms with van der Waals surface area (Å²) < 4.78 is 5.67. The number of benzene rings is 1. The molecule has 0 radical (unpaired) electrons. The highest BCUT2D eigenvalue weighted by atomic mass is 32.1. The van der Waals surface area contributed by atoms with Crippen LogP contribution >= 0.6 is 12.2 Å². The van der Waals surface area contributed by atoms with Crippen LogP contribution in [0.25, 0.3) is 0 Å². The minimum absolute atomic E-state index is 0.0627. The molecule has 0 aromatic heterocycles. The van der Waals surface area contributed by atoms with Crippen LogP contribution in [-0.4, -0.2) is 66.3 Å². The van der Waals surface area contributed by atoms with Crippen LogP contribution in [0.4, 0.5) is 0 Å². The molecule has 3 aliphatic rings. The fourth-order valence-electron chi connectivity index (χ4n) is 4.55. The molecule has 1 unspecified atom stereocenters. The zero-order valence-electron chi connectivity index (χ0n) is 16.9. The van der Waals surface area contributed by atoms with Gasteiger partial charge in [-0.15, -0.1) is 0 Å². The van der Waals surface area contributed by atoms with E-state index in [1.165, 1.54) is 0 Å². The van der Waals surface area contributed by atoms with Gasteiger partial charge in [-0.25, -0.2) is 0 Å². The van der Waals surface area contributed by atoms with Crippen molar-refractivity contribution in [1.82, 2.24) is 15.1 Å². The highest BCUT2D eigenvalue weighted by molar-refractivity contribution is 7.80. The molecule has 1 N–H and O–H groups in total. The first kappa shape index (κ1) is 20.2. The third kappa shape index (κ3) is 5.09. The number of carbonyl (C=O) groups is 1. The lowest BCUT2D eigenvalue weighted by atomic mass is 9.78. The number of hydrogen-bond donors (Lipinski definition) is 1. The molecule has 5 nitrogen and oxygen atoms in total. The highest BCUT2D eigenvalue weighted by Crippen LogP contribution is 2.40. The van der Waals surface area contributed by atoms with Gasteiger partial charge in [0.05, 0.1) is 6.10 Å². The van der Waals surface area contributed by atoms with Crippen LogP contribution < -0.4 is 5.32 Å². The summed E-state index contributed by atoms with van der Waals surface area (Å²) in [4.78, 5) is 16.7. The van der Waals surface area contributed by atoms with Crippen molar-refractivity contribution in [2.24, 2.45) is 5.41 Å². The summed E-state index contributed by atoms with van der Waals surface area (Å²) in [5.74, 6) is 5.72. The van der Waals surface area contributed by atoms with Gasteiger partial charge >= 0.3 is 0 Å². The van der Waals surface area contributed by atoms with E-state index in [0.717, 1.165) is 82.1 Å². The Kier molecular flexibility index (Phi) is 6.37. The van der Waals surface area contributed by atoms with Crippen molar-refractivity contribution in [2.45, 2.75) is 38.2 Å². The Labute approximate surface area is 178 Å². The van der Waals surface area contributed by atoms with Gasteiger partial charge in [-0.1, -0.05) is 24.1 Å². The van der Waals surface area contributed by atoms with Crippen LogP contribution in [0.1, 0.15) is 37.7 Å². The van der Waals surface area contributed by atoms with Gasteiger partial charge in [0, 0.05) is 50.8 Å². The Morgan fingerprint density at radius 1 is 1.17 bits per heavy atom. The van der Waals surface area contributed by atoms with Gasteiger partial charge in [0.25, 0.3) is 5.91 Å². The second-order valence-corrected chi connectivity index (χ2v) is 8.79. The SMILES string of the molecule is O=C(C#Cc1ccccc1)N1CCC2(CC1)CCN(C(=S)NCC1CCCO1)C2. The van der Waals surface area contributed by atoms with E-state index in [1.54, 1.807) is 0 Å². The predicted octanol–water partition coefficient (Wildman–Crippen LogP) is 2.41. The Morgan fingerprint density at radius 3 is 2.59 bits per heavy atom. The average Bonchev–Trinajstić information content (AvgIpc) is 3.42. The second-order valence-electron chi connectivity index (χ2n) is 8.40. The predicted molar refractivity (Wildman–Crippen MR) is 117 cm³/mol. The summed E-state index contributed by atoms with van der Waals surface area (Å²) in [7, 11) is 0. The molecule has 3 heterocycles. The maximum Gasteiger partial charge on any atom is 0.298 e. The maximum atomic E-state index is 12.5. The van der Waals surface area contributed by atoms with Crippen LogP contribution in [0.15, 0.2) is 30.3 Å². The summed E-state index contributed by atoms with van der Waals surface area (Å²) in [6, 6.07) is 9.67. The number of nitrogens with zero attached hydrogens (tertiary/aromatic N) is 2. The highest BCUT2D eigenvalue weighted by Gasteiger charge is 2.42. The van der Waals surface area contributed by atoms with E-state index in [9.17, 15) is 4.79 Å². The molecule has 0 aliphatic carbocycles. The second kappa shape index (κ2) is 9.15. The lowest BCUT2D eigenvalue weighted by molar-refractivity contribution is -0.127. The minimum atomic E-state index is -0.0627. The number of piperidine rings is 1. The van der Waals surface area contributed by atoms with Gasteiger partial charge in [0.1, 0.15) is 0 Å². The number of thiocarbonyl (C=S) groups is 1. The summed E-state index contributed by atoms with van der Waals surface area (Å²) >= 11 is 5.62. The van der Waals surface area contributed by atoms with Crippen LogP contribution in [0, 0.1) is 17.3 Å². The van der Waals surface area contributed by atoms with E-state index in [2.05, 4.69) is 22.1 Å². The van der Waals surface area contributed by atoms with Crippen LogP contribution in [-0.2, 0) is 9.53 Å². The first-order valence-electron chi connectivity index (χ1n) is 10.6. The van der Waals surface area contributed by atoms with E-state index < -0.39 is 0 Å². The number of carbonyl (C=O) groups excluding carboxylic acids is 1. The monoisotopic (exact) mass is 411 g/mol. The van der Waals surface area contributed by atoms with Crippen molar-refractivity contribution in [3.63, 3.8) is 0 Å². The van der Waals surface area contributed by atoms with Gasteiger partial charge in [0.2, 0.25) is 0 Å². The third-order valence-electron chi connectivity index (χ3n) is 6.43. The first-order chi connectivity index (χ1) is 14.1. The summed E-state index contributed by atoms with van der Waals surface area (Å²) in [6.45, 7) is 5.24. The number of ether oxygens (including phenoxy) is 1. The Bertz CT molecular complexity index is 787. The van der Waals surface area contributed by atoms with Crippen molar-refractivity contribution in [3.05, 3.63) is 35.9 Å². The molecular formula is C23H29N3O2S. The fraction of sp³-hybridized carbons (Fsp3) is 0.565. The summed E-state index contributed by atoms with van der Waals surface area (Å²) in [6.07, 6.45) is 5.77. The molecule has 6 heteroatoms. The average molecular weight is 412 g/mol. The van der Waals surface area contributed by atoms with E-state index in [0.29, 0.717) is 6.10 Å². The fourth-order valence-corrected chi connectivity index (χ4v) is 4.78. The zero-order valence-corrected chi connectivity index (χ0v) is 17.7. The Balaban J connectivity index is 1.24. The van der Waals surface area contributed by atoms with Crippen molar-refractivity contribution < 1.29 is 9.53 Å². The number of hydrogen-bond acceptors (Lipinski definition) is 3. The molecule has 1 atom stereocenters. The quantitative estimate of drug-likeness (QED) is 0.598. The van der Waals surface area contributed by atoms with Crippen LogP contribution in [0.3, 0.4) is 0 Å².